The van der Waals surface area contributed by atoms with Crippen LogP contribution in [0.4, 0.5) is 11.4 Å². The molecule has 0 aromatic heterocycles. The summed E-state index contributed by atoms with van der Waals surface area (Å²) in [6, 6.07) is 14.2. The fraction of sp³-hybridized carbons (Fsp3) is 0.125. The van der Waals surface area contributed by atoms with Crippen molar-refractivity contribution in [3.05, 3.63) is 58.6 Å². The van der Waals surface area contributed by atoms with Gasteiger partial charge in [0.1, 0.15) is 6.07 Å². The van der Waals surface area contributed by atoms with Crippen LogP contribution in [-0.4, -0.2) is 5.91 Å². The lowest BCUT2D eigenvalue weighted by molar-refractivity contribution is -0.116. The lowest BCUT2D eigenvalue weighted by Crippen LogP contribution is -2.13. The van der Waals surface area contributed by atoms with E-state index in [0.717, 1.165) is 5.56 Å². The van der Waals surface area contributed by atoms with Gasteiger partial charge in [-0.05, 0) is 42.3 Å². The maximum atomic E-state index is 12.0. The van der Waals surface area contributed by atoms with Crippen molar-refractivity contribution in [2.45, 2.75) is 12.8 Å². The Morgan fingerprint density at radius 2 is 2.10 bits per heavy atom. The molecule has 0 unspecified atom stereocenters. The van der Waals surface area contributed by atoms with Crippen LogP contribution in [0.15, 0.2) is 42.5 Å². The Morgan fingerprint density at radius 1 is 1.29 bits per heavy atom. The summed E-state index contributed by atoms with van der Waals surface area (Å²) in [4.78, 5) is 12.0. The van der Waals surface area contributed by atoms with E-state index >= 15 is 0 Å². The molecular weight excluding hydrogens is 286 g/mol. The third-order valence-corrected chi connectivity index (χ3v) is 3.20. The standard InChI is InChI=1S/C16H14ClN3O/c17-13-6-5-12(10-18)15(9-13)20-16(21)7-4-11-2-1-3-14(19)8-11/h1-3,5-6,8-9H,4,7,19H2,(H,20,21). The van der Waals surface area contributed by atoms with Crippen LogP contribution in [0.5, 0.6) is 0 Å². The number of nitrogens with zero attached hydrogens (tertiary/aromatic N) is 1. The molecule has 2 rings (SSSR count). The summed E-state index contributed by atoms with van der Waals surface area (Å²) in [7, 11) is 0. The molecule has 4 nitrogen and oxygen atoms in total. The predicted octanol–water partition coefficient (Wildman–Crippen LogP) is 3.37. The Bertz CT molecular complexity index is 707. The molecule has 0 aliphatic heterocycles. The third kappa shape index (κ3) is 4.23. The number of nitrogen functional groups attached to an aromatic ring is 1. The lowest BCUT2D eigenvalue weighted by atomic mass is 10.1. The topological polar surface area (TPSA) is 78.9 Å². The molecule has 0 saturated heterocycles. The van der Waals surface area contributed by atoms with Crippen LogP contribution >= 0.6 is 11.6 Å². The molecule has 0 spiro atoms. The second kappa shape index (κ2) is 6.78. The van der Waals surface area contributed by atoms with Gasteiger partial charge < -0.3 is 11.1 Å². The van der Waals surface area contributed by atoms with Crippen molar-refractivity contribution in [2.75, 3.05) is 11.1 Å². The van der Waals surface area contributed by atoms with Crippen molar-refractivity contribution >= 4 is 28.9 Å². The summed E-state index contributed by atoms with van der Waals surface area (Å²) in [6.45, 7) is 0. The van der Waals surface area contributed by atoms with E-state index in [-0.39, 0.29) is 5.91 Å². The number of hydrogen-bond acceptors (Lipinski definition) is 3. The number of nitrogens with two attached hydrogens (primary N) is 1. The van der Waals surface area contributed by atoms with Crippen LogP contribution in [-0.2, 0) is 11.2 Å². The highest BCUT2D eigenvalue weighted by Crippen LogP contribution is 2.20. The molecule has 0 radical (unpaired) electrons. The second-order valence-electron chi connectivity index (χ2n) is 4.59. The summed E-state index contributed by atoms with van der Waals surface area (Å²) < 4.78 is 0. The number of carbonyl (C=O) groups excluding carboxylic acids is 1. The zero-order chi connectivity index (χ0) is 15.2. The van der Waals surface area contributed by atoms with E-state index in [2.05, 4.69) is 5.32 Å². The molecule has 3 N–H and O–H groups in total. The van der Waals surface area contributed by atoms with Crippen LogP contribution in [0.2, 0.25) is 5.02 Å². The van der Waals surface area contributed by atoms with E-state index in [0.29, 0.717) is 34.8 Å². The number of anilines is 2. The molecule has 0 heterocycles. The largest absolute Gasteiger partial charge is 0.399 e. The quantitative estimate of drug-likeness (QED) is 0.850. The first-order valence-corrected chi connectivity index (χ1v) is 6.80. The molecule has 0 atom stereocenters. The van der Waals surface area contributed by atoms with Crippen LogP contribution in [0, 0.1) is 11.3 Å². The van der Waals surface area contributed by atoms with E-state index in [1.165, 1.54) is 0 Å². The van der Waals surface area contributed by atoms with Crippen molar-refractivity contribution in [3.63, 3.8) is 0 Å². The van der Waals surface area contributed by atoms with Crippen LogP contribution in [0.1, 0.15) is 17.5 Å². The maximum absolute atomic E-state index is 12.0. The molecule has 2 aromatic rings. The molecule has 1 amide bonds. The van der Waals surface area contributed by atoms with Gasteiger partial charge in [0.05, 0.1) is 11.3 Å². The molecule has 0 fully saturated rings. The van der Waals surface area contributed by atoms with E-state index in [1.807, 2.05) is 24.3 Å². The highest BCUT2D eigenvalue weighted by molar-refractivity contribution is 6.31. The van der Waals surface area contributed by atoms with E-state index in [9.17, 15) is 4.79 Å². The van der Waals surface area contributed by atoms with Gasteiger partial charge in [-0.1, -0.05) is 23.7 Å². The summed E-state index contributed by atoms with van der Waals surface area (Å²) in [5, 5.41) is 12.2. The number of halogens is 1. The zero-order valence-corrected chi connectivity index (χ0v) is 12.0. The highest BCUT2D eigenvalue weighted by atomic mass is 35.5. The molecule has 0 aliphatic rings. The zero-order valence-electron chi connectivity index (χ0n) is 11.3. The van der Waals surface area contributed by atoms with Crippen molar-refractivity contribution in [3.8, 4) is 6.07 Å². The van der Waals surface area contributed by atoms with E-state index in [1.54, 1.807) is 24.3 Å². The summed E-state index contributed by atoms with van der Waals surface area (Å²) >= 11 is 5.87. The van der Waals surface area contributed by atoms with Crippen LogP contribution in [0.25, 0.3) is 0 Å². The average Bonchev–Trinajstić information content (AvgIpc) is 2.45. The molecule has 0 saturated carbocycles. The Balaban J connectivity index is 1.99. The molecular formula is C16H14ClN3O. The number of nitriles is 1. The molecule has 21 heavy (non-hydrogen) atoms. The van der Waals surface area contributed by atoms with Gasteiger partial charge in [0.25, 0.3) is 0 Å². The fourth-order valence-electron chi connectivity index (χ4n) is 1.94. The Labute approximate surface area is 128 Å². The van der Waals surface area contributed by atoms with Gasteiger partial charge in [-0.2, -0.15) is 5.26 Å². The minimum absolute atomic E-state index is 0.170. The molecule has 2 aromatic carbocycles. The summed E-state index contributed by atoms with van der Waals surface area (Å²) in [6.07, 6.45) is 0.889. The molecule has 106 valence electrons. The summed E-state index contributed by atoms with van der Waals surface area (Å²) in [5.41, 5.74) is 8.18. The van der Waals surface area contributed by atoms with Crippen molar-refractivity contribution in [1.29, 1.82) is 5.26 Å². The van der Waals surface area contributed by atoms with Gasteiger partial charge in [-0.3, -0.25) is 4.79 Å². The third-order valence-electron chi connectivity index (χ3n) is 2.97. The Kier molecular flexibility index (Phi) is 4.81. The molecule has 5 heteroatoms. The number of carbonyl (C=O) groups is 1. The number of hydrogen-bond donors (Lipinski definition) is 2. The first kappa shape index (κ1) is 14.9. The number of aryl methyl sites for hydroxylation is 1. The van der Waals surface area contributed by atoms with Gasteiger partial charge in [-0.15, -0.1) is 0 Å². The van der Waals surface area contributed by atoms with Crippen molar-refractivity contribution in [2.24, 2.45) is 0 Å². The first-order valence-electron chi connectivity index (χ1n) is 6.42. The Morgan fingerprint density at radius 3 is 2.81 bits per heavy atom. The van der Waals surface area contributed by atoms with Gasteiger partial charge in [0, 0.05) is 17.1 Å². The average molecular weight is 300 g/mol. The predicted molar refractivity (Wildman–Crippen MR) is 84.0 cm³/mol. The maximum Gasteiger partial charge on any atom is 0.224 e. The second-order valence-corrected chi connectivity index (χ2v) is 5.03. The van der Waals surface area contributed by atoms with Crippen LogP contribution < -0.4 is 11.1 Å². The number of nitrogens with one attached hydrogen (secondary N) is 1. The summed E-state index contributed by atoms with van der Waals surface area (Å²) in [5.74, 6) is -0.170. The van der Waals surface area contributed by atoms with Crippen molar-refractivity contribution < 1.29 is 4.79 Å². The lowest BCUT2D eigenvalue weighted by Gasteiger charge is -2.08. The number of rotatable bonds is 4. The van der Waals surface area contributed by atoms with Gasteiger partial charge >= 0.3 is 0 Å². The monoisotopic (exact) mass is 299 g/mol. The van der Waals surface area contributed by atoms with Crippen molar-refractivity contribution in [1.82, 2.24) is 0 Å². The Hall–Kier alpha value is -2.51. The van der Waals surface area contributed by atoms with Gasteiger partial charge in [0.2, 0.25) is 5.91 Å². The minimum atomic E-state index is -0.170. The molecule has 0 bridgehead atoms. The van der Waals surface area contributed by atoms with Gasteiger partial charge in [0.15, 0.2) is 0 Å². The first-order chi connectivity index (χ1) is 10.1. The van der Waals surface area contributed by atoms with Gasteiger partial charge in [-0.25, -0.2) is 0 Å². The van der Waals surface area contributed by atoms with Crippen LogP contribution in [0.3, 0.4) is 0 Å². The fourth-order valence-corrected chi connectivity index (χ4v) is 2.11. The highest BCUT2D eigenvalue weighted by Gasteiger charge is 2.08. The number of amides is 1. The van der Waals surface area contributed by atoms with E-state index < -0.39 is 0 Å². The normalized spacial score (nSPS) is 9.90. The minimum Gasteiger partial charge on any atom is -0.399 e. The molecule has 0 aliphatic carbocycles. The van der Waals surface area contributed by atoms with E-state index in [4.69, 9.17) is 22.6 Å². The number of benzene rings is 2. The SMILES string of the molecule is N#Cc1ccc(Cl)cc1NC(=O)CCc1cccc(N)c1. The smallest absolute Gasteiger partial charge is 0.224 e.